The van der Waals surface area contributed by atoms with Crippen LogP contribution in [0.2, 0.25) is 0 Å². The second-order valence-electron chi connectivity index (χ2n) is 16.5. The number of carbonyl (C=O) groups is 1. The van der Waals surface area contributed by atoms with Crippen molar-refractivity contribution in [3.8, 4) is 0 Å². The molecule has 56 heavy (non-hydrogen) atoms. The van der Waals surface area contributed by atoms with Gasteiger partial charge in [-0.2, -0.15) is 0 Å². The van der Waals surface area contributed by atoms with Gasteiger partial charge in [-0.15, -0.1) is 0 Å². The number of rotatable bonds is 39. The fourth-order valence-electron chi connectivity index (χ4n) is 7.55. The minimum atomic E-state index is -1.55. The van der Waals surface area contributed by atoms with E-state index in [1.807, 2.05) is 0 Å². The van der Waals surface area contributed by atoms with Crippen LogP contribution in [-0.2, 0) is 14.3 Å². The maximum absolute atomic E-state index is 13.0. The Hall–Kier alpha value is -1.33. The van der Waals surface area contributed by atoms with Crippen LogP contribution in [0.4, 0.5) is 0 Å². The van der Waals surface area contributed by atoms with Crippen LogP contribution in [0.15, 0.2) is 24.3 Å². The minimum absolute atomic E-state index is 0.136. The lowest BCUT2D eigenvalue weighted by molar-refractivity contribution is -0.302. The number of allylic oxidation sites excluding steroid dienone is 4. The van der Waals surface area contributed by atoms with Crippen LogP contribution in [0, 0.1) is 0 Å². The maximum atomic E-state index is 13.0. The zero-order valence-corrected chi connectivity index (χ0v) is 36.1. The second-order valence-corrected chi connectivity index (χ2v) is 16.5. The summed E-state index contributed by atoms with van der Waals surface area (Å²) in [7, 11) is 0. The Morgan fingerprint density at radius 1 is 0.625 bits per heavy atom. The predicted octanol–water partition coefficient (Wildman–Crippen LogP) is 9.89. The molecule has 0 aromatic heterocycles. The standard InChI is InChI=1S/C47H89NO8/c1-3-5-7-9-11-13-15-17-18-19-20-21-22-23-24-25-27-29-31-33-35-37-43(51)48-40(39-55-47-46(54)45(53)44(52)42(38-49)56-47)41(50)36-34-32-30-28-26-16-14-12-10-8-6-4-2/h5,7,11,13,40-42,44-47,49-50,52-54H,3-4,6,8-10,12,14-39H2,1-2H3,(H,48,51)/b7-5-,13-11-. The number of nitrogens with one attached hydrogen (secondary N) is 1. The Morgan fingerprint density at radius 3 is 1.62 bits per heavy atom. The lowest BCUT2D eigenvalue weighted by atomic mass is 9.99. The average molecular weight is 796 g/mol. The predicted molar refractivity (Wildman–Crippen MR) is 230 cm³/mol. The van der Waals surface area contributed by atoms with E-state index in [9.17, 15) is 30.3 Å². The summed E-state index contributed by atoms with van der Waals surface area (Å²) in [6.07, 6.45) is 37.6. The van der Waals surface area contributed by atoms with Crippen LogP contribution in [0.3, 0.4) is 0 Å². The van der Waals surface area contributed by atoms with E-state index in [4.69, 9.17) is 9.47 Å². The van der Waals surface area contributed by atoms with Crippen LogP contribution in [0.5, 0.6) is 0 Å². The molecule has 1 fully saturated rings. The van der Waals surface area contributed by atoms with Gasteiger partial charge in [-0.1, -0.05) is 192 Å². The Labute approximate surface area is 343 Å². The normalized spacial score (nSPS) is 21.3. The molecule has 330 valence electrons. The van der Waals surface area contributed by atoms with Crippen LogP contribution >= 0.6 is 0 Å². The van der Waals surface area contributed by atoms with Crippen molar-refractivity contribution in [1.82, 2.24) is 5.32 Å². The molecule has 9 heteroatoms. The third-order valence-electron chi connectivity index (χ3n) is 11.3. The quantitative estimate of drug-likeness (QED) is 0.0266. The van der Waals surface area contributed by atoms with E-state index >= 15 is 0 Å². The van der Waals surface area contributed by atoms with Gasteiger partial charge in [0.1, 0.15) is 24.4 Å². The van der Waals surface area contributed by atoms with E-state index in [2.05, 4.69) is 43.5 Å². The van der Waals surface area contributed by atoms with E-state index in [1.165, 1.54) is 135 Å². The van der Waals surface area contributed by atoms with E-state index in [1.54, 1.807) is 0 Å². The topological polar surface area (TPSA) is 149 Å². The smallest absolute Gasteiger partial charge is 0.220 e. The van der Waals surface area contributed by atoms with E-state index < -0.39 is 49.5 Å². The molecule has 1 heterocycles. The number of hydrogen-bond acceptors (Lipinski definition) is 8. The fourth-order valence-corrected chi connectivity index (χ4v) is 7.55. The molecule has 0 aromatic rings. The van der Waals surface area contributed by atoms with Gasteiger partial charge in [-0.05, 0) is 38.5 Å². The Balaban J connectivity index is 2.26. The number of hydrogen-bond donors (Lipinski definition) is 6. The van der Waals surface area contributed by atoms with Gasteiger partial charge in [0, 0.05) is 6.42 Å². The molecule has 0 aromatic carbocycles. The Kier molecular flexibility index (Phi) is 35.7. The molecule has 0 bridgehead atoms. The molecule has 0 spiro atoms. The van der Waals surface area contributed by atoms with Gasteiger partial charge in [-0.25, -0.2) is 0 Å². The lowest BCUT2D eigenvalue weighted by Crippen LogP contribution is -2.60. The first kappa shape index (κ1) is 52.7. The Morgan fingerprint density at radius 2 is 1.11 bits per heavy atom. The van der Waals surface area contributed by atoms with Crippen molar-refractivity contribution in [3.05, 3.63) is 24.3 Å². The summed E-state index contributed by atoms with van der Waals surface area (Å²) >= 11 is 0. The SMILES string of the molecule is CC/C=C\C/C=C\CCCCCCCCCCCCCCCCC(=O)NC(COC1OC(CO)C(O)C(O)C1O)C(O)CCCCCCCCCCCCCC. The molecule has 7 unspecified atom stereocenters. The highest BCUT2D eigenvalue weighted by molar-refractivity contribution is 5.76. The molecule has 0 aliphatic carbocycles. The Bertz CT molecular complexity index is 930. The van der Waals surface area contributed by atoms with Gasteiger partial charge in [0.2, 0.25) is 5.91 Å². The molecule has 1 saturated heterocycles. The minimum Gasteiger partial charge on any atom is -0.394 e. The monoisotopic (exact) mass is 796 g/mol. The van der Waals surface area contributed by atoms with Gasteiger partial charge in [0.15, 0.2) is 6.29 Å². The van der Waals surface area contributed by atoms with Crippen molar-refractivity contribution < 1.29 is 39.8 Å². The molecule has 6 N–H and O–H groups in total. The number of carbonyl (C=O) groups excluding carboxylic acids is 1. The van der Waals surface area contributed by atoms with Crippen LogP contribution < -0.4 is 5.32 Å². The number of unbranched alkanes of at least 4 members (excludes halogenated alkanes) is 25. The lowest BCUT2D eigenvalue weighted by Gasteiger charge is -2.40. The number of amides is 1. The van der Waals surface area contributed by atoms with Gasteiger partial charge in [0.25, 0.3) is 0 Å². The van der Waals surface area contributed by atoms with Gasteiger partial charge in [0.05, 0.1) is 25.4 Å². The van der Waals surface area contributed by atoms with Crippen molar-refractivity contribution in [2.45, 2.75) is 256 Å². The van der Waals surface area contributed by atoms with Crippen LogP contribution in [0.25, 0.3) is 0 Å². The third-order valence-corrected chi connectivity index (χ3v) is 11.3. The van der Waals surface area contributed by atoms with Crippen molar-refractivity contribution >= 4 is 5.91 Å². The van der Waals surface area contributed by atoms with Crippen LogP contribution in [0.1, 0.15) is 213 Å². The third kappa shape index (κ3) is 28.2. The molecule has 9 nitrogen and oxygen atoms in total. The van der Waals surface area contributed by atoms with E-state index in [0.29, 0.717) is 12.8 Å². The summed E-state index contributed by atoms with van der Waals surface area (Å²) in [5.74, 6) is -0.145. The van der Waals surface area contributed by atoms with Crippen molar-refractivity contribution in [2.24, 2.45) is 0 Å². The molecule has 1 aliphatic rings. The van der Waals surface area contributed by atoms with Gasteiger partial charge < -0.3 is 40.3 Å². The summed E-state index contributed by atoms with van der Waals surface area (Å²) in [6.45, 7) is 3.73. The highest BCUT2D eigenvalue weighted by Gasteiger charge is 2.44. The van der Waals surface area contributed by atoms with Gasteiger partial charge >= 0.3 is 0 Å². The molecule has 1 amide bonds. The summed E-state index contributed by atoms with van der Waals surface area (Å²) < 4.78 is 11.3. The number of ether oxygens (including phenoxy) is 2. The van der Waals surface area contributed by atoms with E-state index in [-0.39, 0.29) is 12.5 Å². The molecule has 0 radical (unpaired) electrons. The molecule has 7 atom stereocenters. The first-order valence-corrected chi connectivity index (χ1v) is 23.5. The highest BCUT2D eigenvalue weighted by atomic mass is 16.7. The van der Waals surface area contributed by atoms with Crippen LogP contribution in [-0.4, -0.2) is 87.5 Å². The van der Waals surface area contributed by atoms with Crippen molar-refractivity contribution in [3.63, 3.8) is 0 Å². The first-order valence-electron chi connectivity index (χ1n) is 23.5. The fraction of sp³-hybridized carbons (Fsp3) is 0.894. The summed E-state index contributed by atoms with van der Waals surface area (Å²) in [5.41, 5.74) is 0. The van der Waals surface area contributed by atoms with E-state index in [0.717, 1.165) is 51.4 Å². The maximum Gasteiger partial charge on any atom is 0.220 e. The molecule has 1 rings (SSSR count). The largest absolute Gasteiger partial charge is 0.394 e. The summed E-state index contributed by atoms with van der Waals surface area (Å²) in [4.78, 5) is 13.0. The highest BCUT2D eigenvalue weighted by Crippen LogP contribution is 2.23. The zero-order chi connectivity index (χ0) is 40.9. The average Bonchev–Trinajstić information content (AvgIpc) is 3.20. The zero-order valence-electron chi connectivity index (χ0n) is 36.1. The number of aliphatic hydroxyl groups excluding tert-OH is 5. The van der Waals surface area contributed by atoms with Crippen molar-refractivity contribution in [2.75, 3.05) is 13.2 Å². The molecular formula is C47H89NO8. The van der Waals surface area contributed by atoms with Crippen molar-refractivity contribution in [1.29, 1.82) is 0 Å². The number of aliphatic hydroxyl groups is 5. The first-order chi connectivity index (χ1) is 27.3. The molecule has 1 aliphatic heterocycles. The van der Waals surface area contributed by atoms with Gasteiger partial charge in [-0.3, -0.25) is 4.79 Å². The molecular weight excluding hydrogens is 707 g/mol. The summed E-state index contributed by atoms with van der Waals surface area (Å²) in [5, 5.41) is 54.3. The summed E-state index contributed by atoms with van der Waals surface area (Å²) in [6, 6.07) is -0.715. The molecule has 0 saturated carbocycles. The second kappa shape index (κ2) is 37.9.